The number of aromatic nitrogens is 3. The Bertz CT molecular complexity index is 817. The first-order chi connectivity index (χ1) is 11.1. The number of thiophene rings is 1. The molecule has 2 heterocycles. The van der Waals surface area contributed by atoms with E-state index >= 15 is 0 Å². The highest BCUT2D eigenvalue weighted by molar-refractivity contribution is 9.10. The van der Waals surface area contributed by atoms with Gasteiger partial charge in [-0.25, -0.2) is 0 Å². The first kappa shape index (κ1) is 16.2. The second-order valence-electron chi connectivity index (χ2n) is 4.66. The molecule has 0 saturated carbocycles. The summed E-state index contributed by atoms with van der Waals surface area (Å²) in [5.74, 6) is 1.01. The van der Waals surface area contributed by atoms with Gasteiger partial charge in [0.15, 0.2) is 11.0 Å². The number of nitrogens with zero attached hydrogens (tertiary/aromatic N) is 3. The third-order valence-corrected chi connectivity index (χ3v) is 5.63. The molecule has 1 amide bonds. The Morgan fingerprint density at radius 1 is 1.30 bits per heavy atom. The van der Waals surface area contributed by atoms with Gasteiger partial charge >= 0.3 is 0 Å². The maximum atomic E-state index is 12.1. The normalized spacial score (nSPS) is 10.7. The Balaban J connectivity index is 1.63. The summed E-state index contributed by atoms with van der Waals surface area (Å²) in [7, 11) is 1.91. The van der Waals surface area contributed by atoms with Gasteiger partial charge in [-0.2, -0.15) is 0 Å². The zero-order valence-electron chi connectivity index (χ0n) is 12.2. The fourth-order valence-corrected chi connectivity index (χ4v) is 3.78. The van der Waals surface area contributed by atoms with Gasteiger partial charge in [0.1, 0.15) is 0 Å². The van der Waals surface area contributed by atoms with Gasteiger partial charge in [0.2, 0.25) is 5.91 Å². The van der Waals surface area contributed by atoms with E-state index in [2.05, 4.69) is 31.4 Å². The van der Waals surface area contributed by atoms with Crippen molar-refractivity contribution in [2.75, 3.05) is 11.1 Å². The Hall–Kier alpha value is -1.64. The molecule has 0 aliphatic rings. The number of amides is 1. The molecule has 23 heavy (non-hydrogen) atoms. The summed E-state index contributed by atoms with van der Waals surface area (Å²) < 4.78 is 2.76. The lowest BCUT2D eigenvalue weighted by molar-refractivity contribution is -0.113. The van der Waals surface area contributed by atoms with Crippen LogP contribution in [-0.4, -0.2) is 26.4 Å². The summed E-state index contributed by atoms with van der Waals surface area (Å²) in [5.41, 5.74) is 0.760. The highest BCUT2D eigenvalue weighted by Crippen LogP contribution is 2.26. The third kappa shape index (κ3) is 3.82. The maximum Gasteiger partial charge on any atom is 0.234 e. The fraction of sp³-hybridized carbons (Fsp3) is 0.133. The molecule has 2 aromatic heterocycles. The molecule has 3 aromatic rings. The van der Waals surface area contributed by atoms with Crippen molar-refractivity contribution in [2.45, 2.75) is 5.16 Å². The molecule has 0 aliphatic carbocycles. The van der Waals surface area contributed by atoms with Crippen molar-refractivity contribution in [2.24, 2.45) is 7.05 Å². The number of anilines is 1. The summed E-state index contributed by atoms with van der Waals surface area (Å²) in [5, 5.41) is 14.0. The highest BCUT2D eigenvalue weighted by atomic mass is 79.9. The minimum absolute atomic E-state index is 0.0810. The molecule has 0 aliphatic heterocycles. The summed E-state index contributed by atoms with van der Waals surface area (Å²) in [6.45, 7) is 0. The van der Waals surface area contributed by atoms with E-state index in [1.54, 1.807) is 11.3 Å². The molecule has 0 atom stereocenters. The van der Waals surface area contributed by atoms with Crippen molar-refractivity contribution >= 4 is 50.6 Å². The maximum absolute atomic E-state index is 12.1. The Kier molecular flexibility index (Phi) is 5.14. The van der Waals surface area contributed by atoms with E-state index in [4.69, 9.17) is 0 Å². The van der Waals surface area contributed by atoms with Crippen molar-refractivity contribution in [1.29, 1.82) is 0 Å². The van der Waals surface area contributed by atoms with Crippen LogP contribution in [0.2, 0.25) is 0 Å². The first-order valence-electron chi connectivity index (χ1n) is 6.75. The molecular weight excluding hydrogens is 396 g/mol. The summed E-state index contributed by atoms with van der Waals surface area (Å²) in [4.78, 5) is 13.1. The van der Waals surface area contributed by atoms with Crippen molar-refractivity contribution < 1.29 is 4.79 Å². The van der Waals surface area contributed by atoms with Crippen LogP contribution in [-0.2, 0) is 11.8 Å². The number of para-hydroxylation sites is 1. The monoisotopic (exact) mass is 408 g/mol. The molecular formula is C15H13BrN4OS2. The Labute approximate surface area is 150 Å². The molecule has 1 N–H and O–H groups in total. The molecule has 0 bridgehead atoms. The first-order valence-corrected chi connectivity index (χ1v) is 9.41. The van der Waals surface area contributed by atoms with Crippen LogP contribution >= 0.6 is 39.0 Å². The second kappa shape index (κ2) is 7.29. The topological polar surface area (TPSA) is 59.8 Å². The van der Waals surface area contributed by atoms with Gasteiger partial charge in [0.05, 0.1) is 16.3 Å². The largest absolute Gasteiger partial charge is 0.324 e. The van der Waals surface area contributed by atoms with Gasteiger partial charge in [0.25, 0.3) is 0 Å². The highest BCUT2D eigenvalue weighted by Gasteiger charge is 2.13. The molecule has 0 saturated heterocycles. The number of thioether (sulfide) groups is 1. The average Bonchev–Trinajstić information content (AvgIpc) is 3.17. The number of rotatable bonds is 5. The molecule has 118 valence electrons. The number of hydrogen-bond donors (Lipinski definition) is 1. The van der Waals surface area contributed by atoms with Crippen LogP contribution in [0.4, 0.5) is 5.69 Å². The van der Waals surface area contributed by atoms with Gasteiger partial charge in [-0.05, 0) is 39.5 Å². The zero-order valence-corrected chi connectivity index (χ0v) is 15.4. The van der Waals surface area contributed by atoms with Crippen LogP contribution in [0, 0.1) is 0 Å². The van der Waals surface area contributed by atoms with E-state index in [-0.39, 0.29) is 11.7 Å². The fourth-order valence-electron chi connectivity index (χ4n) is 1.94. The minimum atomic E-state index is -0.0810. The molecule has 1 aromatic carbocycles. The minimum Gasteiger partial charge on any atom is -0.324 e. The van der Waals surface area contributed by atoms with E-state index in [9.17, 15) is 4.79 Å². The van der Waals surface area contributed by atoms with E-state index in [0.29, 0.717) is 0 Å². The predicted octanol–water partition coefficient (Wildman–Crippen LogP) is 4.04. The second-order valence-corrected chi connectivity index (χ2v) is 7.40. The summed E-state index contributed by atoms with van der Waals surface area (Å²) in [6.07, 6.45) is 0. The third-order valence-electron chi connectivity index (χ3n) is 3.06. The van der Waals surface area contributed by atoms with E-state index in [0.717, 1.165) is 26.0 Å². The molecule has 0 fully saturated rings. The lowest BCUT2D eigenvalue weighted by Gasteiger charge is -2.06. The van der Waals surface area contributed by atoms with Crippen LogP contribution in [0.1, 0.15) is 0 Å². The Morgan fingerprint density at radius 3 is 2.87 bits per heavy atom. The molecule has 0 unspecified atom stereocenters. The van der Waals surface area contributed by atoms with Gasteiger partial charge in [-0.1, -0.05) is 30.0 Å². The number of nitrogens with one attached hydrogen (secondary N) is 1. The summed E-state index contributed by atoms with van der Waals surface area (Å²) in [6, 6.07) is 11.5. The number of carbonyl (C=O) groups excluding carboxylic acids is 1. The molecule has 3 rings (SSSR count). The van der Waals surface area contributed by atoms with E-state index in [1.807, 2.05) is 53.4 Å². The molecule has 5 nitrogen and oxygen atoms in total. The lowest BCUT2D eigenvalue weighted by atomic mass is 10.3. The van der Waals surface area contributed by atoms with E-state index < -0.39 is 0 Å². The SMILES string of the molecule is Cn1c(SCC(=O)Nc2ccccc2Br)nnc1-c1cccs1. The smallest absolute Gasteiger partial charge is 0.234 e. The number of halogens is 1. The quantitative estimate of drug-likeness (QED) is 0.647. The van der Waals surface area contributed by atoms with Crippen LogP contribution in [0.25, 0.3) is 10.7 Å². The van der Waals surface area contributed by atoms with Crippen LogP contribution in [0.3, 0.4) is 0 Å². The van der Waals surface area contributed by atoms with Crippen LogP contribution in [0.15, 0.2) is 51.4 Å². The van der Waals surface area contributed by atoms with Gasteiger partial charge in [0, 0.05) is 11.5 Å². The van der Waals surface area contributed by atoms with Crippen LogP contribution < -0.4 is 5.32 Å². The van der Waals surface area contributed by atoms with Crippen molar-refractivity contribution in [3.8, 4) is 10.7 Å². The van der Waals surface area contributed by atoms with Crippen molar-refractivity contribution in [1.82, 2.24) is 14.8 Å². The zero-order chi connectivity index (χ0) is 16.2. The molecule has 0 radical (unpaired) electrons. The average molecular weight is 409 g/mol. The number of hydrogen-bond acceptors (Lipinski definition) is 5. The molecule has 8 heteroatoms. The van der Waals surface area contributed by atoms with Gasteiger partial charge in [-0.15, -0.1) is 21.5 Å². The lowest BCUT2D eigenvalue weighted by Crippen LogP contribution is -2.14. The van der Waals surface area contributed by atoms with E-state index in [1.165, 1.54) is 11.8 Å². The molecule has 0 spiro atoms. The van der Waals surface area contributed by atoms with Crippen LogP contribution in [0.5, 0.6) is 0 Å². The summed E-state index contributed by atoms with van der Waals surface area (Å²) >= 11 is 6.39. The van der Waals surface area contributed by atoms with Crippen molar-refractivity contribution in [3.05, 3.63) is 46.3 Å². The van der Waals surface area contributed by atoms with Crippen molar-refractivity contribution in [3.63, 3.8) is 0 Å². The standard InChI is InChI=1S/C15H13BrN4OS2/c1-20-14(12-7-4-8-22-12)18-19-15(20)23-9-13(21)17-11-6-3-2-5-10(11)16/h2-8H,9H2,1H3,(H,17,21). The van der Waals surface area contributed by atoms with Gasteiger partial charge < -0.3 is 9.88 Å². The van der Waals surface area contributed by atoms with Gasteiger partial charge in [-0.3, -0.25) is 4.79 Å². The number of benzene rings is 1. The Morgan fingerprint density at radius 2 is 2.13 bits per heavy atom. The predicted molar refractivity (Wildman–Crippen MR) is 97.8 cm³/mol. The number of carbonyl (C=O) groups is 1.